The zero-order valence-corrected chi connectivity index (χ0v) is 36.1. The summed E-state index contributed by atoms with van der Waals surface area (Å²) in [7, 11) is 5.86. The summed E-state index contributed by atoms with van der Waals surface area (Å²) in [5.74, 6) is 0.389. The van der Waals surface area contributed by atoms with Crippen molar-refractivity contribution in [2.45, 2.75) is 98.4 Å². The van der Waals surface area contributed by atoms with E-state index in [1.54, 1.807) is 21.6 Å². The molecule has 4 N–H and O–H groups in total. The minimum absolute atomic E-state index is 0. The molecule has 0 aromatic rings. The highest BCUT2D eigenvalue weighted by molar-refractivity contribution is 6.27. The molecule has 5 rings (SSSR count). The Kier molecular flexibility index (Phi) is 31.2. The minimum atomic E-state index is -0.242. The lowest BCUT2D eigenvalue weighted by Crippen LogP contribution is -2.38. The molecule has 5 heterocycles. The fourth-order valence-corrected chi connectivity index (χ4v) is 5.72. The maximum atomic E-state index is 11.3. The first-order valence-electron chi connectivity index (χ1n) is 19.4. The van der Waals surface area contributed by atoms with Crippen molar-refractivity contribution in [3.63, 3.8) is 0 Å². The molecule has 0 aromatic heterocycles. The number of rotatable bonds is 11. The van der Waals surface area contributed by atoms with Gasteiger partial charge in [0.15, 0.2) is 0 Å². The molecule has 5 aliphatic rings. The number of carbonyl (C=O) groups is 8. The number of likely N-dealkylation sites (N-methyl/N-ethyl adjacent to an activating group) is 1. The van der Waals surface area contributed by atoms with Crippen LogP contribution in [-0.2, 0) is 48.0 Å². The Labute approximate surface area is 354 Å². The Balaban J connectivity index is 0. The van der Waals surface area contributed by atoms with E-state index in [1.807, 2.05) is 11.8 Å². The first kappa shape index (κ1) is 56.7. The topological polar surface area (TPSA) is 245 Å². The second-order valence-electron chi connectivity index (χ2n) is 13.9. The van der Waals surface area contributed by atoms with E-state index in [1.165, 1.54) is 35.2 Å². The molecule has 0 saturated carbocycles. The molecule has 1 unspecified atom stereocenters. The summed E-state index contributed by atoms with van der Waals surface area (Å²) >= 11 is 5.15. The molecule has 0 bridgehead atoms. The molecule has 7 amide bonds. The van der Waals surface area contributed by atoms with Crippen LogP contribution in [0.4, 0.5) is 0 Å². The SMILES string of the molecule is C.C/C(CN1CCCC1=O)=N\O.CC(=O)CN1CCCC1=O.CC(N)CN1CCCC1=O.CON(C)C(=O)CCl.CON(C)C(=O)CN1CCCC1=O.O=C1CCCN1. The van der Waals surface area contributed by atoms with Crippen LogP contribution in [0.15, 0.2) is 5.16 Å². The largest absolute Gasteiger partial charge is 0.411 e. The second-order valence-corrected chi connectivity index (χ2v) is 14.2. The van der Waals surface area contributed by atoms with Crippen LogP contribution in [0.5, 0.6) is 0 Å². The molecule has 1 atom stereocenters. The van der Waals surface area contributed by atoms with E-state index in [9.17, 15) is 38.4 Å². The predicted octanol–water partition coefficient (Wildman–Crippen LogP) is 1.02. The van der Waals surface area contributed by atoms with Gasteiger partial charge in [-0.1, -0.05) is 12.6 Å². The number of hydroxylamine groups is 4. The Bertz CT molecular complexity index is 1360. The van der Waals surface area contributed by atoms with E-state index in [0.717, 1.165) is 81.4 Å². The zero-order chi connectivity index (χ0) is 44.2. The number of carbonyl (C=O) groups excluding carboxylic acids is 8. The number of hydrogen-bond donors (Lipinski definition) is 3. The molecule has 0 aromatic carbocycles. The monoisotopic (exact) mass is 863 g/mol. The standard InChI is InChI=1S/C8H14N2O3.C7H12N2O2.C7H14N2O.C7H11NO2.C4H8ClNO2.C4H7NO.CH4/c1-9(13-2)8(12)6-10-5-3-4-7(10)11;1-6(8-11)5-9-4-2-3-7(9)10;1-6(8)5-9-4-2-3-7(9)10;1-6(9)5-8-4-2-3-7(8)10;1-6(8-2)4(7)3-5;6-4-2-1-3-5-4;/h3-6H2,1-2H3;11H,2-5H2,1H3;6H,2-5,8H2,1H3;2-5H2,1H3;3H2,1-2H3;1-3H2,(H,5,6);1H4/b;8-6+;;;;;. The number of Topliss-reactive ketones (excluding diaryl/α,β-unsaturated/α-hetero) is 1. The number of amides is 7. The number of ketones is 1. The molecule has 20 nitrogen and oxygen atoms in total. The van der Waals surface area contributed by atoms with Crippen LogP contribution in [-0.4, -0.2) is 187 Å². The van der Waals surface area contributed by atoms with Gasteiger partial charge in [-0.25, -0.2) is 10.1 Å². The van der Waals surface area contributed by atoms with Gasteiger partial charge in [0.05, 0.1) is 33.0 Å². The molecule has 0 aliphatic carbocycles. The number of halogens is 1. The lowest BCUT2D eigenvalue weighted by Gasteiger charge is -2.19. The average molecular weight is 864 g/mol. The van der Waals surface area contributed by atoms with E-state index >= 15 is 0 Å². The van der Waals surface area contributed by atoms with E-state index in [-0.39, 0.29) is 73.0 Å². The van der Waals surface area contributed by atoms with Gasteiger partial charge >= 0.3 is 0 Å². The normalized spacial score (nSPS) is 17.4. The van der Waals surface area contributed by atoms with Gasteiger partial charge in [-0.2, -0.15) is 0 Å². The Morgan fingerprint density at radius 1 is 0.729 bits per heavy atom. The maximum absolute atomic E-state index is 11.3. The van der Waals surface area contributed by atoms with Gasteiger partial charge in [0.2, 0.25) is 29.5 Å². The van der Waals surface area contributed by atoms with Crippen molar-refractivity contribution in [1.82, 2.24) is 35.0 Å². The summed E-state index contributed by atoms with van der Waals surface area (Å²) in [5, 5.41) is 16.2. The van der Waals surface area contributed by atoms with Crippen molar-refractivity contribution in [3.05, 3.63) is 0 Å². The van der Waals surface area contributed by atoms with E-state index in [4.69, 9.17) is 27.4 Å². The Morgan fingerprint density at radius 3 is 1.41 bits per heavy atom. The van der Waals surface area contributed by atoms with Crippen LogP contribution in [0.25, 0.3) is 0 Å². The van der Waals surface area contributed by atoms with Crippen molar-refractivity contribution < 1.29 is 53.2 Å². The molecule has 0 spiro atoms. The molecule has 340 valence electrons. The third-order valence-electron chi connectivity index (χ3n) is 8.79. The molecular weight excluding hydrogens is 794 g/mol. The summed E-state index contributed by atoms with van der Waals surface area (Å²) < 4.78 is 0. The van der Waals surface area contributed by atoms with Crippen LogP contribution >= 0.6 is 11.6 Å². The summed E-state index contributed by atoms with van der Waals surface area (Å²) in [5.41, 5.74) is 6.12. The maximum Gasteiger partial charge on any atom is 0.265 e. The van der Waals surface area contributed by atoms with Gasteiger partial charge in [-0.3, -0.25) is 48.0 Å². The number of oxime groups is 1. The first-order valence-corrected chi connectivity index (χ1v) is 19.9. The Morgan fingerprint density at radius 2 is 1.14 bits per heavy atom. The number of hydrogen-bond acceptors (Lipinski definition) is 13. The molecule has 5 saturated heterocycles. The first-order chi connectivity index (χ1) is 27.4. The lowest BCUT2D eigenvalue weighted by molar-refractivity contribution is -0.170. The quantitative estimate of drug-likeness (QED) is 0.114. The highest BCUT2D eigenvalue weighted by Crippen LogP contribution is 2.11. The molecule has 21 heteroatoms. The number of nitrogens with two attached hydrogens (primary N) is 1. The van der Waals surface area contributed by atoms with E-state index in [0.29, 0.717) is 51.0 Å². The molecule has 5 fully saturated rings. The van der Waals surface area contributed by atoms with Crippen LogP contribution in [0.3, 0.4) is 0 Å². The highest BCUT2D eigenvalue weighted by atomic mass is 35.5. The predicted molar refractivity (Wildman–Crippen MR) is 222 cm³/mol. The van der Waals surface area contributed by atoms with Crippen LogP contribution in [0, 0.1) is 0 Å². The van der Waals surface area contributed by atoms with Crippen molar-refractivity contribution in [2.24, 2.45) is 10.9 Å². The smallest absolute Gasteiger partial charge is 0.265 e. The van der Waals surface area contributed by atoms with Crippen molar-refractivity contribution in [1.29, 1.82) is 0 Å². The number of nitrogens with one attached hydrogen (secondary N) is 1. The summed E-state index contributed by atoms with van der Waals surface area (Å²) in [4.78, 5) is 102. The van der Waals surface area contributed by atoms with Gasteiger partial charge in [-0.15, -0.1) is 11.6 Å². The number of alkyl halides is 1. The van der Waals surface area contributed by atoms with Crippen LogP contribution in [0.2, 0.25) is 0 Å². The average Bonchev–Trinajstić information content (AvgIpc) is 4.06. The van der Waals surface area contributed by atoms with E-state index < -0.39 is 0 Å². The third-order valence-corrected chi connectivity index (χ3v) is 9.02. The lowest BCUT2D eigenvalue weighted by atomic mass is 10.3. The van der Waals surface area contributed by atoms with Crippen molar-refractivity contribution >= 4 is 64.4 Å². The van der Waals surface area contributed by atoms with Crippen LogP contribution in [0.1, 0.15) is 92.4 Å². The zero-order valence-electron chi connectivity index (χ0n) is 35.3. The molecule has 5 aliphatic heterocycles. The van der Waals surface area contributed by atoms with Gasteiger partial charge < -0.3 is 35.9 Å². The van der Waals surface area contributed by atoms with Gasteiger partial charge in [0.25, 0.3) is 11.8 Å². The third kappa shape index (κ3) is 25.6. The molecular formula is C38H70ClN9O11. The molecule has 0 radical (unpaired) electrons. The van der Waals surface area contributed by atoms with Gasteiger partial charge in [0, 0.05) is 91.5 Å². The van der Waals surface area contributed by atoms with Crippen molar-refractivity contribution in [3.8, 4) is 0 Å². The van der Waals surface area contributed by atoms with Gasteiger partial charge in [0.1, 0.15) is 18.2 Å². The van der Waals surface area contributed by atoms with Crippen molar-refractivity contribution in [2.75, 3.05) is 93.1 Å². The Hall–Kier alpha value is -4.40. The fourth-order valence-electron chi connectivity index (χ4n) is 5.55. The van der Waals surface area contributed by atoms with Gasteiger partial charge in [-0.05, 0) is 52.9 Å². The number of likely N-dealkylation sites (tertiary alicyclic amines) is 4. The van der Waals surface area contributed by atoms with E-state index in [2.05, 4.69) is 15.3 Å². The minimum Gasteiger partial charge on any atom is -0.411 e. The summed E-state index contributed by atoms with van der Waals surface area (Å²) in [6.45, 7) is 10.8. The van der Waals surface area contributed by atoms with Crippen LogP contribution < -0.4 is 11.1 Å². The summed E-state index contributed by atoms with van der Waals surface area (Å²) in [6, 6.07) is 0.113. The summed E-state index contributed by atoms with van der Waals surface area (Å²) in [6.07, 6.45) is 7.99. The molecule has 59 heavy (non-hydrogen) atoms. The number of nitrogens with zero attached hydrogens (tertiary/aromatic N) is 7. The fraction of sp³-hybridized carbons (Fsp3) is 0.763. The second kappa shape index (κ2) is 32.5. The highest BCUT2D eigenvalue weighted by Gasteiger charge is 2.24.